The molecule has 0 atom stereocenters. The molecular formula is C11H19N3O. The summed E-state index contributed by atoms with van der Waals surface area (Å²) >= 11 is 0. The third-order valence-electron chi connectivity index (χ3n) is 3.24. The summed E-state index contributed by atoms with van der Waals surface area (Å²) in [7, 11) is 0. The number of aliphatic hydroxyl groups is 1. The average Bonchev–Trinajstić information content (AvgIpc) is 2.42. The minimum atomic E-state index is -0.545. The lowest BCUT2D eigenvalue weighted by Crippen LogP contribution is -2.60. The predicted molar refractivity (Wildman–Crippen MR) is 58.9 cm³/mol. The molecule has 1 aromatic heterocycles. The van der Waals surface area contributed by atoms with Crippen molar-refractivity contribution in [3.05, 3.63) is 17.0 Å². The number of nitrogens with one attached hydrogen (secondary N) is 1. The second-order valence-corrected chi connectivity index (χ2v) is 4.47. The van der Waals surface area contributed by atoms with E-state index in [0.29, 0.717) is 13.1 Å². The largest absolute Gasteiger partial charge is 0.387 e. The molecule has 1 aromatic rings. The van der Waals surface area contributed by atoms with E-state index in [4.69, 9.17) is 0 Å². The summed E-state index contributed by atoms with van der Waals surface area (Å²) in [6.45, 7) is 8.47. The zero-order chi connectivity index (χ0) is 11.1. The summed E-state index contributed by atoms with van der Waals surface area (Å²) in [6.07, 6.45) is 0.720. The van der Waals surface area contributed by atoms with Gasteiger partial charge in [0, 0.05) is 31.7 Å². The van der Waals surface area contributed by atoms with Crippen LogP contribution >= 0.6 is 0 Å². The van der Waals surface area contributed by atoms with Gasteiger partial charge < -0.3 is 10.4 Å². The van der Waals surface area contributed by atoms with E-state index in [9.17, 15) is 5.11 Å². The maximum atomic E-state index is 10.1. The van der Waals surface area contributed by atoms with Crippen molar-refractivity contribution in [1.82, 2.24) is 15.1 Å². The SMILES string of the molecule is CCn1nc(C)c(CC2(O)CNC2)c1C. The summed E-state index contributed by atoms with van der Waals surface area (Å²) in [6, 6.07) is 0. The van der Waals surface area contributed by atoms with E-state index in [-0.39, 0.29) is 0 Å². The van der Waals surface area contributed by atoms with Crippen molar-refractivity contribution in [2.24, 2.45) is 0 Å². The van der Waals surface area contributed by atoms with Crippen LogP contribution in [-0.4, -0.2) is 33.6 Å². The lowest BCUT2D eigenvalue weighted by molar-refractivity contribution is -0.00928. The Morgan fingerprint density at radius 1 is 1.47 bits per heavy atom. The van der Waals surface area contributed by atoms with Gasteiger partial charge in [-0.25, -0.2) is 0 Å². The number of aromatic nitrogens is 2. The molecular weight excluding hydrogens is 190 g/mol. The quantitative estimate of drug-likeness (QED) is 0.757. The van der Waals surface area contributed by atoms with Crippen molar-refractivity contribution in [2.75, 3.05) is 13.1 Å². The van der Waals surface area contributed by atoms with Gasteiger partial charge in [-0.3, -0.25) is 4.68 Å². The predicted octanol–water partition coefficient (Wildman–Crippen LogP) is 0.397. The third-order valence-corrected chi connectivity index (χ3v) is 3.24. The van der Waals surface area contributed by atoms with Gasteiger partial charge in [-0.1, -0.05) is 0 Å². The Balaban J connectivity index is 2.23. The Morgan fingerprint density at radius 2 is 2.13 bits per heavy atom. The topological polar surface area (TPSA) is 50.1 Å². The fourth-order valence-corrected chi connectivity index (χ4v) is 2.17. The van der Waals surface area contributed by atoms with Crippen molar-refractivity contribution in [1.29, 1.82) is 0 Å². The molecule has 0 spiro atoms. The number of hydrogen-bond acceptors (Lipinski definition) is 3. The molecule has 1 aliphatic heterocycles. The molecule has 4 heteroatoms. The Labute approximate surface area is 90.3 Å². The summed E-state index contributed by atoms with van der Waals surface area (Å²) in [5, 5.41) is 17.7. The molecule has 0 saturated carbocycles. The fourth-order valence-electron chi connectivity index (χ4n) is 2.17. The van der Waals surface area contributed by atoms with Gasteiger partial charge in [0.15, 0.2) is 0 Å². The van der Waals surface area contributed by atoms with E-state index >= 15 is 0 Å². The van der Waals surface area contributed by atoms with Crippen LogP contribution in [0.2, 0.25) is 0 Å². The molecule has 0 bridgehead atoms. The molecule has 2 rings (SSSR count). The van der Waals surface area contributed by atoms with Crippen molar-refractivity contribution >= 4 is 0 Å². The number of β-amino-alcohol motifs (C(OH)–C–C–N with tert-alkyl or cyclic N) is 1. The van der Waals surface area contributed by atoms with Crippen LogP contribution in [-0.2, 0) is 13.0 Å². The molecule has 1 fully saturated rings. The van der Waals surface area contributed by atoms with Crippen LogP contribution in [0, 0.1) is 13.8 Å². The number of hydrogen-bond donors (Lipinski definition) is 2. The molecule has 0 radical (unpaired) electrons. The van der Waals surface area contributed by atoms with Gasteiger partial charge >= 0.3 is 0 Å². The van der Waals surface area contributed by atoms with Gasteiger partial charge in [0.25, 0.3) is 0 Å². The highest BCUT2D eigenvalue weighted by Gasteiger charge is 2.35. The lowest BCUT2D eigenvalue weighted by Gasteiger charge is -2.37. The molecule has 4 nitrogen and oxygen atoms in total. The van der Waals surface area contributed by atoms with Crippen molar-refractivity contribution < 1.29 is 5.11 Å². The molecule has 15 heavy (non-hydrogen) atoms. The monoisotopic (exact) mass is 209 g/mol. The fraction of sp³-hybridized carbons (Fsp3) is 0.727. The Morgan fingerprint density at radius 3 is 2.53 bits per heavy atom. The van der Waals surface area contributed by atoms with Crippen molar-refractivity contribution in [3.8, 4) is 0 Å². The molecule has 0 unspecified atom stereocenters. The third kappa shape index (κ3) is 1.79. The van der Waals surface area contributed by atoms with E-state index < -0.39 is 5.60 Å². The molecule has 84 valence electrons. The van der Waals surface area contributed by atoms with Crippen LogP contribution in [0.25, 0.3) is 0 Å². The summed E-state index contributed by atoms with van der Waals surface area (Å²) in [4.78, 5) is 0. The zero-order valence-corrected chi connectivity index (χ0v) is 9.67. The smallest absolute Gasteiger partial charge is 0.0936 e. The number of rotatable bonds is 3. The highest BCUT2D eigenvalue weighted by atomic mass is 16.3. The molecule has 2 N–H and O–H groups in total. The van der Waals surface area contributed by atoms with Crippen LogP contribution < -0.4 is 5.32 Å². The highest BCUT2D eigenvalue weighted by Crippen LogP contribution is 2.22. The normalized spacial score (nSPS) is 18.9. The molecule has 0 aromatic carbocycles. The first-order valence-electron chi connectivity index (χ1n) is 5.52. The minimum Gasteiger partial charge on any atom is -0.387 e. The zero-order valence-electron chi connectivity index (χ0n) is 9.67. The number of aryl methyl sites for hydroxylation is 2. The van der Waals surface area contributed by atoms with E-state index in [1.165, 1.54) is 11.3 Å². The maximum Gasteiger partial charge on any atom is 0.0936 e. The van der Waals surface area contributed by atoms with Crippen LogP contribution in [0.15, 0.2) is 0 Å². The van der Waals surface area contributed by atoms with Crippen LogP contribution in [0.5, 0.6) is 0 Å². The van der Waals surface area contributed by atoms with Crippen LogP contribution in [0.1, 0.15) is 23.9 Å². The van der Waals surface area contributed by atoms with Gasteiger partial charge in [-0.15, -0.1) is 0 Å². The molecule has 1 aliphatic rings. The molecule has 0 amide bonds. The van der Waals surface area contributed by atoms with Gasteiger partial charge in [0.1, 0.15) is 0 Å². The van der Waals surface area contributed by atoms with Crippen LogP contribution in [0.4, 0.5) is 0 Å². The van der Waals surface area contributed by atoms with Gasteiger partial charge in [-0.05, 0) is 26.3 Å². The van der Waals surface area contributed by atoms with Gasteiger partial charge in [0.2, 0.25) is 0 Å². The van der Waals surface area contributed by atoms with Crippen LogP contribution in [0.3, 0.4) is 0 Å². The number of nitrogens with zero attached hydrogens (tertiary/aromatic N) is 2. The van der Waals surface area contributed by atoms with E-state index in [2.05, 4.69) is 24.3 Å². The summed E-state index contributed by atoms with van der Waals surface area (Å²) < 4.78 is 2.00. The second kappa shape index (κ2) is 3.61. The van der Waals surface area contributed by atoms with Gasteiger partial charge in [0.05, 0.1) is 11.3 Å². The van der Waals surface area contributed by atoms with Gasteiger partial charge in [-0.2, -0.15) is 5.10 Å². The molecule has 0 aliphatic carbocycles. The second-order valence-electron chi connectivity index (χ2n) is 4.47. The first-order chi connectivity index (χ1) is 7.06. The van der Waals surface area contributed by atoms with E-state index in [0.717, 1.165) is 18.7 Å². The Kier molecular flexibility index (Phi) is 2.56. The molecule has 1 saturated heterocycles. The average molecular weight is 209 g/mol. The van der Waals surface area contributed by atoms with Crippen molar-refractivity contribution in [2.45, 2.75) is 39.3 Å². The highest BCUT2D eigenvalue weighted by molar-refractivity contribution is 5.27. The van der Waals surface area contributed by atoms with E-state index in [1.807, 2.05) is 11.6 Å². The lowest BCUT2D eigenvalue weighted by atomic mass is 9.88. The minimum absolute atomic E-state index is 0.545. The first-order valence-corrected chi connectivity index (χ1v) is 5.52. The van der Waals surface area contributed by atoms with E-state index in [1.54, 1.807) is 0 Å². The first kappa shape index (κ1) is 10.6. The summed E-state index contributed by atoms with van der Waals surface area (Å²) in [5.41, 5.74) is 2.91. The Hall–Kier alpha value is -0.870. The molecule has 2 heterocycles. The van der Waals surface area contributed by atoms with Crippen molar-refractivity contribution in [3.63, 3.8) is 0 Å². The maximum absolute atomic E-state index is 10.1. The standard InChI is InChI=1S/C11H19N3O/c1-4-14-9(3)10(8(2)13-14)5-11(15)6-12-7-11/h12,15H,4-7H2,1-3H3. The Bertz CT molecular complexity index is 366. The summed E-state index contributed by atoms with van der Waals surface area (Å²) in [5.74, 6) is 0.